The number of benzene rings is 1. The molecule has 0 atom stereocenters. The second kappa shape index (κ2) is 6.72. The number of carbonyl (C=O) groups excluding carboxylic acids is 1. The van der Waals surface area contributed by atoms with Crippen LogP contribution in [0.15, 0.2) is 41.8 Å². The molecule has 5 heteroatoms. The summed E-state index contributed by atoms with van der Waals surface area (Å²) in [6.07, 6.45) is 3.51. The highest BCUT2D eigenvalue weighted by Gasteiger charge is 2.30. The van der Waals surface area contributed by atoms with E-state index in [9.17, 15) is 4.79 Å². The fraction of sp³-hybridized carbons (Fsp3) is 0.200. The van der Waals surface area contributed by atoms with Crippen LogP contribution in [0.2, 0.25) is 0 Å². The van der Waals surface area contributed by atoms with E-state index < -0.39 is 0 Å². The van der Waals surface area contributed by atoms with Gasteiger partial charge in [0.1, 0.15) is 10.1 Å². The summed E-state index contributed by atoms with van der Waals surface area (Å²) < 4.78 is 6.02. The largest absolute Gasteiger partial charge is 0.494 e. The van der Waals surface area contributed by atoms with Crippen molar-refractivity contribution < 1.29 is 9.53 Å². The van der Waals surface area contributed by atoms with Gasteiger partial charge in [-0.1, -0.05) is 42.2 Å². The zero-order chi connectivity index (χ0) is 14.5. The van der Waals surface area contributed by atoms with Crippen LogP contribution in [0.25, 0.3) is 6.08 Å². The number of carbonyl (C=O) groups is 1. The van der Waals surface area contributed by atoms with Crippen molar-refractivity contribution in [3.63, 3.8) is 0 Å². The molecule has 0 aliphatic carbocycles. The lowest BCUT2D eigenvalue weighted by Gasteiger charge is -2.10. The predicted molar refractivity (Wildman–Crippen MR) is 87.7 cm³/mol. The molecule has 0 radical (unpaired) electrons. The van der Waals surface area contributed by atoms with Gasteiger partial charge in [0.05, 0.1) is 11.5 Å². The topological polar surface area (TPSA) is 29.5 Å². The number of nitrogens with zero attached hydrogens (tertiary/aromatic N) is 1. The van der Waals surface area contributed by atoms with Crippen LogP contribution in [0.3, 0.4) is 0 Å². The van der Waals surface area contributed by atoms with E-state index in [0.717, 1.165) is 11.3 Å². The van der Waals surface area contributed by atoms with Crippen molar-refractivity contribution in [3.8, 4) is 5.75 Å². The zero-order valence-corrected chi connectivity index (χ0v) is 12.8. The lowest BCUT2D eigenvalue weighted by atomic mass is 10.2. The Kier molecular flexibility index (Phi) is 4.98. The fourth-order valence-corrected chi connectivity index (χ4v) is 3.07. The summed E-state index contributed by atoms with van der Waals surface area (Å²) in [6, 6.07) is 7.64. The molecule has 0 N–H and O–H groups in total. The average Bonchev–Trinajstić information content (AvgIpc) is 2.68. The Morgan fingerprint density at radius 3 is 3.00 bits per heavy atom. The van der Waals surface area contributed by atoms with Crippen LogP contribution in [0, 0.1) is 0 Å². The van der Waals surface area contributed by atoms with Crippen molar-refractivity contribution in [2.24, 2.45) is 0 Å². The van der Waals surface area contributed by atoms with E-state index in [-0.39, 0.29) is 5.91 Å². The molecule has 1 aromatic carbocycles. The highest BCUT2D eigenvalue weighted by Crippen LogP contribution is 2.32. The smallest absolute Gasteiger partial charge is 0.266 e. The summed E-state index contributed by atoms with van der Waals surface area (Å²) in [5.41, 5.74) is 0.926. The first-order chi connectivity index (χ1) is 9.65. The summed E-state index contributed by atoms with van der Waals surface area (Å²) in [5, 5.41) is 0. The van der Waals surface area contributed by atoms with Gasteiger partial charge in [0.25, 0.3) is 5.91 Å². The SMILES string of the molecule is C=CCN1C(=O)C(=Cc2cccc(OCC)c2)SC1=S. The van der Waals surface area contributed by atoms with Gasteiger partial charge < -0.3 is 4.74 Å². The first-order valence-electron chi connectivity index (χ1n) is 6.25. The Morgan fingerprint density at radius 1 is 1.50 bits per heavy atom. The lowest BCUT2D eigenvalue weighted by molar-refractivity contribution is -0.121. The van der Waals surface area contributed by atoms with Gasteiger partial charge in [0.2, 0.25) is 0 Å². The van der Waals surface area contributed by atoms with E-state index in [1.807, 2.05) is 37.3 Å². The molecule has 2 rings (SSSR count). The minimum atomic E-state index is -0.0679. The normalized spacial score (nSPS) is 16.9. The van der Waals surface area contributed by atoms with Crippen LogP contribution in [0.5, 0.6) is 5.75 Å². The van der Waals surface area contributed by atoms with Crippen molar-refractivity contribution in [1.29, 1.82) is 0 Å². The summed E-state index contributed by atoms with van der Waals surface area (Å²) in [5.74, 6) is 0.726. The molecular formula is C15H15NO2S2. The first kappa shape index (κ1) is 14.8. The van der Waals surface area contributed by atoms with Gasteiger partial charge in [-0.15, -0.1) is 6.58 Å². The van der Waals surface area contributed by atoms with Gasteiger partial charge in [-0.25, -0.2) is 0 Å². The van der Waals surface area contributed by atoms with Gasteiger partial charge >= 0.3 is 0 Å². The van der Waals surface area contributed by atoms with Crippen LogP contribution in [-0.4, -0.2) is 28.3 Å². The van der Waals surface area contributed by atoms with Gasteiger partial charge in [-0.3, -0.25) is 9.69 Å². The maximum atomic E-state index is 12.2. The molecular weight excluding hydrogens is 290 g/mol. The third-order valence-corrected chi connectivity index (χ3v) is 4.03. The third kappa shape index (κ3) is 3.29. The highest BCUT2D eigenvalue weighted by molar-refractivity contribution is 8.26. The molecule has 1 heterocycles. The molecule has 1 amide bonds. The molecule has 104 valence electrons. The van der Waals surface area contributed by atoms with Gasteiger partial charge in [-0.2, -0.15) is 0 Å². The van der Waals surface area contributed by atoms with E-state index in [1.165, 1.54) is 11.8 Å². The summed E-state index contributed by atoms with van der Waals surface area (Å²) in [7, 11) is 0. The molecule has 1 saturated heterocycles. The Morgan fingerprint density at radius 2 is 2.30 bits per heavy atom. The number of rotatable bonds is 5. The quantitative estimate of drug-likeness (QED) is 0.473. The van der Waals surface area contributed by atoms with E-state index in [4.69, 9.17) is 17.0 Å². The van der Waals surface area contributed by atoms with Gasteiger partial charge in [0, 0.05) is 6.54 Å². The number of ether oxygens (including phenoxy) is 1. The minimum absolute atomic E-state index is 0.0679. The zero-order valence-electron chi connectivity index (χ0n) is 11.2. The van der Waals surface area contributed by atoms with Crippen molar-refractivity contribution in [2.75, 3.05) is 13.2 Å². The first-order valence-corrected chi connectivity index (χ1v) is 7.47. The molecule has 0 unspecified atom stereocenters. The van der Waals surface area contributed by atoms with Crippen molar-refractivity contribution >= 4 is 40.3 Å². The molecule has 0 bridgehead atoms. The number of amides is 1. The number of hydrogen-bond acceptors (Lipinski definition) is 4. The fourth-order valence-electron chi connectivity index (χ4n) is 1.80. The maximum Gasteiger partial charge on any atom is 0.266 e. The highest BCUT2D eigenvalue weighted by atomic mass is 32.2. The number of thiocarbonyl (C=S) groups is 1. The van der Waals surface area contributed by atoms with Crippen LogP contribution in [-0.2, 0) is 4.79 Å². The number of thioether (sulfide) groups is 1. The van der Waals surface area contributed by atoms with Crippen molar-refractivity contribution in [3.05, 3.63) is 47.4 Å². The Labute approximate surface area is 128 Å². The van der Waals surface area contributed by atoms with E-state index in [1.54, 1.807) is 11.0 Å². The van der Waals surface area contributed by atoms with Crippen LogP contribution < -0.4 is 4.74 Å². The molecule has 0 spiro atoms. The van der Waals surface area contributed by atoms with Crippen LogP contribution >= 0.6 is 24.0 Å². The van der Waals surface area contributed by atoms with E-state index in [2.05, 4.69) is 6.58 Å². The molecule has 1 aliphatic heterocycles. The average molecular weight is 305 g/mol. The summed E-state index contributed by atoms with van der Waals surface area (Å²) in [6.45, 7) is 6.63. The van der Waals surface area contributed by atoms with Gasteiger partial charge in [-0.05, 0) is 30.7 Å². The Bertz CT molecular complexity index is 581. The van der Waals surface area contributed by atoms with E-state index in [0.29, 0.717) is 22.4 Å². The van der Waals surface area contributed by atoms with E-state index >= 15 is 0 Å². The standard InChI is InChI=1S/C15H15NO2S2/c1-3-8-16-14(17)13(20-15(16)19)10-11-6-5-7-12(9-11)18-4-2/h3,5-7,9-10H,1,4,8H2,2H3. The monoisotopic (exact) mass is 305 g/mol. The molecule has 0 aromatic heterocycles. The molecule has 1 fully saturated rings. The molecule has 20 heavy (non-hydrogen) atoms. The third-order valence-electron chi connectivity index (χ3n) is 2.65. The second-order valence-electron chi connectivity index (χ2n) is 4.09. The van der Waals surface area contributed by atoms with Crippen LogP contribution in [0.4, 0.5) is 0 Å². The second-order valence-corrected chi connectivity index (χ2v) is 5.76. The predicted octanol–water partition coefficient (Wildman–Crippen LogP) is 3.47. The maximum absolute atomic E-state index is 12.2. The Balaban J connectivity index is 2.23. The summed E-state index contributed by atoms with van der Waals surface area (Å²) >= 11 is 6.51. The Hall–Kier alpha value is -1.59. The number of hydrogen-bond donors (Lipinski definition) is 0. The van der Waals surface area contributed by atoms with Crippen molar-refractivity contribution in [2.45, 2.75) is 6.92 Å². The van der Waals surface area contributed by atoms with Crippen LogP contribution in [0.1, 0.15) is 12.5 Å². The molecule has 1 aromatic rings. The molecule has 1 aliphatic rings. The molecule has 3 nitrogen and oxygen atoms in total. The van der Waals surface area contributed by atoms with Crippen molar-refractivity contribution in [1.82, 2.24) is 4.90 Å². The summed E-state index contributed by atoms with van der Waals surface area (Å²) in [4.78, 5) is 14.4. The lowest BCUT2D eigenvalue weighted by Crippen LogP contribution is -2.27. The molecule has 0 saturated carbocycles. The van der Waals surface area contributed by atoms with Gasteiger partial charge in [0.15, 0.2) is 0 Å². The minimum Gasteiger partial charge on any atom is -0.494 e.